The second-order valence-corrected chi connectivity index (χ2v) is 5.88. The van der Waals surface area contributed by atoms with Gasteiger partial charge in [-0.1, -0.05) is 32.0 Å². The van der Waals surface area contributed by atoms with Crippen molar-refractivity contribution in [2.24, 2.45) is 11.3 Å². The van der Waals surface area contributed by atoms with Crippen molar-refractivity contribution in [3.05, 3.63) is 29.8 Å². The van der Waals surface area contributed by atoms with Gasteiger partial charge in [-0.2, -0.15) is 0 Å². The first-order valence-electron chi connectivity index (χ1n) is 6.55. The van der Waals surface area contributed by atoms with Crippen LogP contribution in [-0.4, -0.2) is 19.0 Å². The van der Waals surface area contributed by atoms with Gasteiger partial charge < -0.3 is 10.6 Å². The molecule has 1 aliphatic rings. The summed E-state index contributed by atoms with van der Waals surface area (Å²) < 4.78 is 0. The lowest BCUT2D eigenvalue weighted by atomic mass is 10.1. The summed E-state index contributed by atoms with van der Waals surface area (Å²) in [6, 6.07) is 7.83. The average Bonchev–Trinajstić information content (AvgIpc) is 2.90. The van der Waals surface area contributed by atoms with E-state index in [1.54, 1.807) is 0 Å². The molecule has 1 amide bonds. The summed E-state index contributed by atoms with van der Waals surface area (Å²) in [7, 11) is 0. The molecule has 1 fully saturated rings. The fourth-order valence-corrected chi connectivity index (χ4v) is 2.19. The molecule has 98 valence electrons. The van der Waals surface area contributed by atoms with Crippen LogP contribution in [0.4, 0.5) is 5.69 Å². The Balaban J connectivity index is 1.71. The van der Waals surface area contributed by atoms with Gasteiger partial charge in [0.1, 0.15) is 0 Å². The molecule has 0 heterocycles. The van der Waals surface area contributed by atoms with Crippen LogP contribution >= 0.6 is 0 Å². The third-order valence-electron chi connectivity index (χ3n) is 3.81. The zero-order valence-electron chi connectivity index (χ0n) is 11.4. The molecule has 18 heavy (non-hydrogen) atoms. The Hall–Kier alpha value is -1.35. The van der Waals surface area contributed by atoms with Crippen LogP contribution in [0.3, 0.4) is 0 Å². The van der Waals surface area contributed by atoms with E-state index in [0.29, 0.717) is 12.0 Å². The van der Waals surface area contributed by atoms with Crippen LogP contribution in [0.5, 0.6) is 0 Å². The maximum atomic E-state index is 11.8. The first-order valence-corrected chi connectivity index (χ1v) is 6.55. The van der Waals surface area contributed by atoms with Crippen LogP contribution in [0.25, 0.3) is 0 Å². The molecule has 0 aromatic heterocycles. The lowest BCUT2D eigenvalue weighted by molar-refractivity contribution is -0.115. The largest absolute Gasteiger partial charge is 0.325 e. The number of benzene rings is 1. The minimum Gasteiger partial charge on any atom is -0.325 e. The zero-order chi connectivity index (χ0) is 13.2. The predicted octanol–water partition coefficient (Wildman–Crippen LogP) is 2.57. The quantitative estimate of drug-likeness (QED) is 0.838. The monoisotopic (exact) mass is 246 g/mol. The number of carbonyl (C=O) groups is 1. The van der Waals surface area contributed by atoms with E-state index in [1.807, 2.05) is 31.2 Å². The Bertz CT molecular complexity index is 440. The number of para-hydroxylation sites is 1. The summed E-state index contributed by atoms with van der Waals surface area (Å²) >= 11 is 0. The highest BCUT2D eigenvalue weighted by molar-refractivity contribution is 5.92. The van der Waals surface area contributed by atoms with Crippen LogP contribution in [0.1, 0.15) is 25.8 Å². The van der Waals surface area contributed by atoms with Gasteiger partial charge in [0.15, 0.2) is 0 Å². The Morgan fingerprint density at radius 1 is 1.39 bits per heavy atom. The van der Waals surface area contributed by atoms with Crippen molar-refractivity contribution in [1.29, 1.82) is 0 Å². The molecule has 1 saturated carbocycles. The molecule has 3 heteroatoms. The Morgan fingerprint density at radius 3 is 2.67 bits per heavy atom. The summed E-state index contributed by atoms with van der Waals surface area (Å²) in [5.74, 6) is 0.756. The highest BCUT2D eigenvalue weighted by Crippen LogP contribution is 2.50. The molecule has 1 aromatic carbocycles. The molecule has 1 unspecified atom stereocenters. The van der Waals surface area contributed by atoms with Crippen molar-refractivity contribution >= 4 is 11.6 Å². The van der Waals surface area contributed by atoms with Gasteiger partial charge in [-0.15, -0.1) is 0 Å². The van der Waals surface area contributed by atoms with E-state index in [9.17, 15) is 4.79 Å². The van der Waals surface area contributed by atoms with E-state index in [2.05, 4.69) is 24.5 Å². The molecule has 0 bridgehead atoms. The summed E-state index contributed by atoms with van der Waals surface area (Å²) in [6.45, 7) is 7.87. The van der Waals surface area contributed by atoms with Gasteiger partial charge in [0.25, 0.3) is 0 Å². The topological polar surface area (TPSA) is 41.1 Å². The number of hydrogen-bond donors (Lipinski definition) is 2. The number of anilines is 1. The Labute approximate surface area is 109 Å². The minimum absolute atomic E-state index is 0.0303. The van der Waals surface area contributed by atoms with Gasteiger partial charge in [0.05, 0.1) is 6.54 Å². The minimum atomic E-state index is 0.0303. The maximum absolute atomic E-state index is 11.8. The van der Waals surface area contributed by atoms with Gasteiger partial charge in [-0.25, -0.2) is 0 Å². The van der Waals surface area contributed by atoms with E-state index in [4.69, 9.17) is 0 Å². The van der Waals surface area contributed by atoms with E-state index in [0.717, 1.165) is 23.7 Å². The van der Waals surface area contributed by atoms with Gasteiger partial charge in [-0.05, 0) is 42.9 Å². The summed E-state index contributed by atoms with van der Waals surface area (Å²) in [4.78, 5) is 11.8. The third-order valence-corrected chi connectivity index (χ3v) is 3.81. The van der Waals surface area contributed by atoms with Crippen LogP contribution < -0.4 is 10.6 Å². The molecular weight excluding hydrogens is 224 g/mol. The molecule has 0 radical (unpaired) electrons. The summed E-state index contributed by atoms with van der Waals surface area (Å²) in [5.41, 5.74) is 2.46. The van der Waals surface area contributed by atoms with Crippen molar-refractivity contribution in [3.63, 3.8) is 0 Å². The number of hydrogen-bond acceptors (Lipinski definition) is 2. The lowest BCUT2D eigenvalue weighted by Gasteiger charge is -2.09. The molecule has 1 aliphatic carbocycles. The van der Waals surface area contributed by atoms with E-state index in [1.165, 1.54) is 6.42 Å². The van der Waals surface area contributed by atoms with E-state index in [-0.39, 0.29) is 5.91 Å². The predicted molar refractivity (Wildman–Crippen MR) is 74.6 cm³/mol. The van der Waals surface area contributed by atoms with Crippen molar-refractivity contribution in [3.8, 4) is 0 Å². The molecule has 0 saturated heterocycles. The van der Waals surface area contributed by atoms with Crippen LogP contribution in [-0.2, 0) is 4.79 Å². The van der Waals surface area contributed by atoms with Crippen LogP contribution in [0, 0.1) is 18.3 Å². The van der Waals surface area contributed by atoms with Crippen molar-refractivity contribution in [2.75, 3.05) is 18.4 Å². The van der Waals surface area contributed by atoms with Crippen LogP contribution in [0.15, 0.2) is 24.3 Å². The van der Waals surface area contributed by atoms with Gasteiger partial charge >= 0.3 is 0 Å². The highest BCUT2D eigenvalue weighted by atomic mass is 16.1. The molecular formula is C15H22N2O. The van der Waals surface area contributed by atoms with E-state index < -0.39 is 0 Å². The Kier molecular flexibility index (Phi) is 3.71. The number of amides is 1. The molecule has 0 spiro atoms. The zero-order valence-corrected chi connectivity index (χ0v) is 11.4. The average molecular weight is 246 g/mol. The van der Waals surface area contributed by atoms with E-state index >= 15 is 0 Å². The fraction of sp³-hybridized carbons (Fsp3) is 0.533. The first-order chi connectivity index (χ1) is 8.49. The maximum Gasteiger partial charge on any atom is 0.238 e. The number of carbonyl (C=O) groups excluding carboxylic acids is 1. The molecule has 2 N–H and O–H groups in total. The van der Waals surface area contributed by atoms with Crippen molar-refractivity contribution in [1.82, 2.24) is 5.32 Å². The number of nitrogens with one attached hydrogen (secondary N) is 2. The highest BCUT2D eigenvalue weighted by Gasteiger charge is 2.44. The SMILES string of the molecule is Cc1ccccc1NC(=O)CNCC1CC1(C)C. The van der Waals surface area contributed by atoms with Gasteiger partial charge in [0.2, 0.25) is 5.91 Å². The standard InChI is InChI=1S/C15H22N2O/c1-11-6-4-5-7-13(11)17-14(18)10-16-9-12-8-15(12,2)3/h4-7,12,16H,8-10H2,1-3H3,(H,17,18). The second-order valence-electron chi connectivity index (χ2n) is 5.88. The molecule has 2 rings (SSSR count). The third kappa shape index (κ3) is 3.33. The van der Waals surface area contributed by atoms with Crippen LogP contribution in [0.2, 0.25) is 0 Å². The molecule has 1 aromatic rings. The summed E-state index contributed by atoms with van der Waals surface area (Å²) in [5, 5.41) is 6.15. The number of aryl methyl sites for hydroxylation is 1. The number of rotatable bonds is 5. The van der Waals surface area contributed by atoms with Crippen molar-refractivity contribution in [2.45, 2.75) is 27.2 Å². The van der Waals surface area contributed by atoms with Gasteiger partial charge in [0, 0.05) is 5.69 Å². The molecule has 1 atom stereocenters. The van der Waals surface area contributed by atoms with Gasteiger partial charge in [-0.3, -0.25) is 4.79 Å². The summed E-state index contributed by atoms with van der Waals surface area (Å²) in [6.07, 6.45) is 1.26. The first kappa shape index (κ1) is 13.1. The lowest BCUT2D eigenvalue weighted by Crippen LogP contribution is -2.30. The molecule has 0 aliphatic heterocycles. The second kappa shape index (κ2) is 5.11. The normalized spacial score (nSPS) is 20.5. The smallest absolute Gasteiger partial charge is 0.238 e. The molecule has 3 nitrogen and oxygen atoms in total. The fourth-order valence-electron chi connectivity index (χ4n) is 2.19. The van der Waals surface area contributed by atoms with Crippen molar-refractivity contribution < 1.29 is 4.79 Å². The Morgan fingerprint density at radius 2 is 2.06 bits per heavy atom.